The van der Waals surface area contributed by atoms with Crippen molar-refractivity contribution in [2.24, 2.45) is 17.8 Å². The number of hydrogen-bond acceptors (Lipinski definition) is 4. The highest BCUT2D eigenvalue weighted by Crippen LogP contribution is 2.37. The van der Waals surface area contributed by atoms with Crippen LogP contribution in [0.1, 0.15) is 45.4 Å². The molecule has 2 unspecified atom stereocenters. The largest absolute Gasteiger partial charge is 0.308 e. The SMILES string of the molecule is CSC1CC(=O)C(CC2CCC(C(C)=O)CC2)C1=N. The molecule has 2 atom stereocenters. The number of carbonyl (C=O) groups excluding carboxylic acids is 2. The average molecular weight is 281 g/mol. The van der Waals surface area contributed by atoms with E-state index in [0.29, 0.717) is 23.8 Å². The molecule has 2 aliphatic rings. The molecule has 1 N–H and O–H groups in total. The molecule has 2 aliphatic carbocycles. The van der Waals surface area contributed by atoms with Crippen molar-refractivity contribution < 1.29 is 9.59 Å². The number of Topliss-reactive ketones (excluding diaryl/α,β-unsaturated/α-hetero) is 2. The van der Waals surface area contributed by atoms with Crippen LogP contribution in [0.3, 0.4) is 0 Å². The van der Waals surface area contributed by atoms with Gasteiger partial charge in [0.05, 0.1) is 5.92 Å². The summed E-state index contributed by atoms with van der Waals surface area (Å²) in [6, 6.07) is 0. The van der Waals surface area contributed by atoms with E-state index in [0.717, 1.165) is 32.1 Å². The van der Waals surface area contributed by atoms with Gasteiger partial charge in [-0.15, -0.1) is 0 Å². The zero-order valence-corrected chi connectivity index (χ0v) is 12.6. The Balaban J connectivity index is 1.87. The first kappa shape index (κ1) is 14.8. The lowest BCUT2D eigenvalue weighted by molar-refractivity contribution is -0.123. The molecular weight excluding hydrogens is 258 g/mol. The van der Waals surface area contributed by atoms with E-state index < -0.39 is 0 Å². The summed E-state index contributed by atoms with van der Waals surface area (Å²) in [6.07, 6.45) is 7.41. The molecule has 0 aromatic heterocycles. The zero-order valence-electron chi connectivity index (χ0n) is 11.8. The summed E-state index contributed by atoms with van der Waals surface area (Å²) in [7, 11) is 0. The highest BCUT2D eigenvalue weighted by Gasteiger charge is 2.39. The summed E-state index contributed by atoms with van der Waals surface area (Å²) < 4.78 is 0. The Morgan fingerprint density at radius 1 is 1.32 bits per heavy atom. The maximum absolute atomic E-state index is 12.0. The number of ketones is 2. The van der Waals surface area contributed by atoms with Crippen molar-refractivity contribution in [2.45, 2.75) is 50.7 Å². The predicted molar refractivity (Wildman–Crippen MR) is 78.9 cm³/mol. The van der Waals surface area contributed by atoms with E-state index in [1.54, 1.807) is 18.7 Å². The first-order chi connectivity index (χ1) is 9.02. The minimum Gasteiger partial charge on any atom is -0.308 e. The summed E-state index contributed by atoms with van der Waals surface area (Å²) in [4.78, 5) is 23.3. The normalized spacial score (nSPS) is 35.7. The molecule has 4 heteroatoms. The van der Waals surface area contributed by atoms with Gasteiger partial charge in [0, 0.05) is 23.3 Å². The van der Waals surface area contributed by atoms with Gasteiger partial charge in [-0.1, -0.05) is 0 Å². The molecule has 2 saturated carbocycles. The fourth-order valence-electron chi connectivity index (χ4n) is 3.44. The Morgan fingerprint density at radius 3 is 2.42 bits per heavy atom. The molecule has 2 fully saturated rings. The summed E-state index contributed by atoms with van der Waals surface area (Å²) in [5, 5.41) is 8.24. The number of carbonyl (C=O) groups is 2. The number of hydrogen-bond donors (Lipinski definition) is 1. The number of nitrogens with one attached hydrogen (secondary N) is 1. The van der Waals surface area contributed by atoms with Gasteiger partial charge in [0.1, 0.15) is 11.6 Å². The summed E-state index contributed by atoms with van der Waals surface area (Å²) in [5.41, 5.74) is 0.645. The van der Waals surface area contributed by atoms with E-state index in [-0.39, 0.29) is 22.9 Å². The first-order valence-corrected chi connectivity index (χ1v) is 8.46. The van der Waals surface area contributed by atoms with Gasteiger partial charge in [0.2, 0.25) is 0 Å². The zero-order chi connectivity index (χ0) is 14.0. The molecule has 0 heterocycles. The lowest BCUT2D eigenvalue weighted by atomic mass is 9.76. The molecule has 0 bridgehead atoms. The van der Waals surface area contributed by atoms with Crippen molar-refractivity contribution in [2.75, 3.05) is 6.26 Å². The van der Waals surface area contributed by atoms with Gasteiger partial charge in [-0.25, -0.2) is 0 Å². The predicted octanol–water partition coefficient (Wildman–Crippen LogP) is 3.11. The second-order valence-electron chi connectivity index (χ2n) is 5.97. The van der Waals surface area contributed by atoms with E-state index in [2.05, 4.69) is 0 Å². The van der Waals surface area contributed by atoms with Crippen molar-refractivity contribution in [3.8, 4) is 0 Å². The van der Waals surface area contributed by atoms with Crippen molar-refractivity contribution in [1.82, 2.24) is 0 Å². The average Bonchev–Trinajstić information content (AvgIpc) is 2.67. The lowest BCUT2D eigenvalue weighted by Crippen LogP contribution is -2.25. The minimum absolute atomic E-state index is 0.117. The fraction of sp³-hybridized carbons (Fsp3) is 0.800. The van der Waals surface area contributed by atoms with Crippen LogP contribution in [0.25, 0.3) is 0 Å². The molecule has 0 aliphatic heterocycles. The van der Waals surface area contributed by atoms with Crippen molar-refractivity contribution in [3.05, 3.63) is 0 Å². The third-order valence-electron chi connectivity index (χ3n) is 4.77. The quantitative estimate of drug-likeness (QED) is 0.861. The van der Waals surface area contributed by atoms with E-state index in [9.17, 15) is 9.59 Å². The van der Waals surface area contributed by atoms with Gasteiger partial charge in [0.25, 0.3) is 0 Å². The molecule has 0 amide bonds. The molecule has 0 aromatic carbocycles. The molecular formula is C15H23NO2S. The van der Waals surface area contributed by atoms with Crippen LogP contribution in [0.4, 0.5) is 0 Å². The Labute approximate surface area is 119 Å². The van der Waals surface area contributed by atoms with E-state index >= 15 is 0 Å². The Bertz CT molecular complexity index is 386. The second kappa shape index (κ2) is 6.21. The summed E-state index contributed by atoms with van der Waals surface area (Å²) >= 11 is 1.62. The summed E-state index contributed by atoms with van der Waals surface area (Å²) in [5.74, 6) is 1.22. The maximum Gasteiger partial charge on any atom is 0.143 e. The van der Waals surface area contributed by atoms with Crippen molar-refractivity contribution in [3.63, 3.8) is 0 Å². The topological polar surface area (TPSA) is 58.0 Å². The van der Waals surface area contributed by atoms with Gasteiger partial charge in [-0.2, -0.15) is 11.8 Å². The van der Waals surface area contributed by atoms with Crippen LogP contribution in [-0.4, -0.2) is 28.8 Å². The second-order valence-corrected chi connectivity index (χ2v) is 7.01. The van der Waals surface area contributed by atoms with Gasteiger partial charge in [0.15, 0.2) is 0 Å². The van der Waals surface area contributed by atoms with E-state index in [4.69, 9.17) is 5.41 Å². The third-order valence-corrected chi connectivity index (χ3v) is 5.76. The van der Waals surface area contributed by atoms with Gasteiger partial charge in [-0.3, -0.25) is 9.59 Å². The Hall–Kier alpha value is -0.640. The Kier molecular flexibility index (Phi) is 4.82. The molecule has 0 radical (unpaired) electrons. The van der Waals surface area contributed by atoms with E-state index in [1.165, 1.54) is 0 Å². The molecule has 0 aromatic rings. The van der Waals surface area contributed by atoms with Crippen LogP contribution in [0, 0.1) is 23.2 Å². The molecule has 106 valence electrons. The Morgan fingerprint density at radius 2 is 1.95 bits per heavy atom. The monoisotopic (exact) mass is 281 g/mol. The third kappa shape index (κ3) is 3.28. The fourth-order valence-corrected chi connectivity index (χ4v) is 4.19. The van der Waals surface area contributed by atoms with Gasteiger partial charge < -0.3 is 5.41 Å². The van der Waals surface area contributed by atoms with Crippen LogP contribution >= 0.6 is 11.8 Å². The van der Waals surface area contributed by atoms with Crippen molar-refractivity contribution >= 4 is 29.0 Å². The first-order valence-electron chi connectivity index (χ1n) is 7.17. The highest BCUT2D eigenvalue weighted by molar-refractivity contribution is 8.00. The number of thioether (sulfide) groups is 1. The van der Waals surface area contributed by atoms with Gasteiger partial charge in [-0.05, 0) is 51.2 Å². The van der Waals surface area contributed by atoms with Crippen LogP contribution in [0.2, 0.25) is 0 Å². The van der Waals surface area contributed by atoms with Crippen LogP contribution in [0.5, 0.6) is 0 Å². The lowest BCUT2D eigenvalue weighted by Gasteiger charge is -2.28. The van der Waals surface area contributed by atoms with E-state index in [1.807, 2.05) is 6.26 Å². The molecule has 3 nitrogen and oxygen atoms in total. The minimum atomic E-state index is -0.128. The van der Waals surface area contributed by atoms with Gasteiger partial charge >= 0.3 is 0 Å². The maximum atomic E-state index is 12.0. The molecule has 19 heavy (non-hydrogen) atoms. The standard InChI is InChI=1S/C15H23NO2S/c1-9(17)11-5-3-10(4-6-11)7-12-13(18)8-14(19-2)15(12)16/h10-12,14,16H,3-8H2,1-2H3. The van der Waals surface area contributed by atoms with Crippen molar-refractivity contribution in [1.29, 1.82) is 5.41 Å². The smallest absolute Gasteiger partial charge is 0.143 e. The molecule has 2 rings (SSSR count). The van der Waals surface area contributed by atoms with Crippen LogP contribution in [0.15, 0.2) is 0 Å². The highest BCUT2D eigenvalue weighted by atomic mass is 32.2. The summed E-state index contributed by atoms with van der Waals surface area (Å²) in [6.45, 7) is 1.68. The van der Waals surface area contributed by atoms with Crippen LogP contribution < -0.4 is 0 Å². The van der Waals surface area contributed by atoms with Crippen LogP contribution in [-0.2, 0) is 9.59 Å². The number of rotatable bonds is 4. The molecule has 0 saturated heterocycles. The molecule has 0 spiro atoms.